The average molecular weight is 250 g/mol. The first-order chi connectivity index (χ1) is 8.81. The fourth-order valence-electron chi connectivity index (χ4n) is 3.39. The van der Waals surface area contributed by atoms with Crippen molar-refractivity contribution in [3.63, 3.8) is 0 Å². The average Bonchev–Trinajstić information content (AvgIpc) is 3.10. The highest BCUT2D eigenvalue weighted by molar-refractivity contribution is 5.82. The van der Waals surface area contributed by atoms with E-state index in [0.717, 1.165) is 38.1 Å². The van der Waals surface area contributed by atoms with Crippen molar-refractivity contribution in [3.8, 4) is 0 Å². The van der Waals surface area contributed by atoms with Gasteiger partial charge in [-0.25, -0.2) is 0 Å². The number of hydrogen-bond donors (Lipinski definition) is 0. The fraction of sp³-hybridized carbons (Fsp3) is 0.933. The highest BCUT2D eigenvalue weighted by Gasteiger charge is 2.28. The smallest absolute Gasteiger partial charge is 0.136 e. The van der Waals surface area contributed by atoms with Gasteiger partial charge in [0, 0.05) is 45.1 Å². The summed E-state index contributed by atoms with van der Waals surface area (Å²) in [5.74, 6) is 1.95. The minimum absolute atomic E-state index is 0.398. The number of ketones is 1. The van der Waals surface area contributed by atoms with Crippen LogP contribution < -0.4 is 0 Å². The van der Waals surface area contributed by atoms with E-state index >= 15 is 0 Å². The molecule has 3 heteroatoms. The Balaban J connectivity index is 1.33. The van der Waals surface area contributed by atoms with Gasteiger partial charge in [-0.2, -0.15) is 0 Å². The van der Waals surface area contributed by atoms with Crippen molar-refractivity contribution in [3.05, 3.63) is 0 Å². The lowest BCUT2D eigenvalue weighted by Crippen LogP contribution is -2.47. The molecule has 3 nitrogen and oxygen atoms in total. The number of rotatable bonds is 5. The third-order valence-corrected chi connectivity index (χ3v) is 4.90. The van der Waals surface area contributed by atoms with Crippen molar-refractivity contribution in [1.82, 2.24) is 9.80 Å². The first-order valence-electron chi connectivity index (χ1n) is 7.78. The maximum Gasteiger partial charge on any atom is 0.136 e. The Hall–Kier alpha value is -0.410. The van der Waals surface area contributed by atoms with Crippen LogP contribution in [0.4, 0.5) is 0 Å². The largest absolute Gasteiger partial charge is 0.301 e. The lowest BCUT2D eigenvalue weighted by Gasteiger charge is -2.35. The minimum Gasteiger partial charge on any atom is -0.301 e. The van der Waals surface area contributed by atoms with Crippen molar-refractivity contribution < 1.29 is 4.79 Å². The molecule has 0 aromatic rings. The molecule has 0 N–H and O–H groups in total. The highest BCUT2D eigenvalue weighted by atomic mass is 16.1. The van der Waals surface area contributed by atoms with Crippen molar-refractivity contribution >= 4 is 5.78 Å². The lowest BCUT2D eigenvalue weighted by molar-refractivity contribution is -0.120. The van der Waals surface area contributed by atoms with E-state index in [1.54, 1.807) is 0 Å². The summed E-state index contributed by atoms with van der Waals surface area (Å²) in [6.07, 6.45) is 7.18. The second-order valence-corrected chi connectivity index (χ2v) is 6.43. The van der Waals surface area contributed by atoms with Crippen LogP contribution in [0.2, 0.25) is 0 Å². The maximum absolute atomic E-state index is 11.6. The van der Waals surface area contributed by atoms with Gasteiger partial charge in [0.25, 0.3) is 0 Å². The van der Waals surface area contributed by atoms with E-state index in [0.29, 0.717) is 11.7 Å². The zero-order valence-corrected chi connectivity index (χ0v) is 11.4. The van der Waals surface area contributed by atoms with E-state index < -0.39 is 0 Å². The molecule has 0 spiro atoms. The van der Waals surface area contributed by atoms with Crippen LogP contribution >= 0.6 is 0 Å². The van der Waals surface area contributed by atoms with Crippen molar-refractivity contribution in [1.29, 1.82) is 0 Å². The van der Waals surface area contributed by atoms with Crippen LogP contribution in [0.5, 0.6) is 0 Å². The quantitative estimate of drug-likeness (QED) is 0.743. The van der Waals surface area contributed by atoms with Gasteiger partial charge in [-0.05, 0) is 44.6 Å². The van der Waals surface area contributed by atoms with Gasteiger partial charge in [0.2, 0.25) is 0 Å². The zero-order chi connectivity index (χ0) is 12.4. The minimum atomic E-state index is 0.398. The SMILES string of the molecule is O=C1CCCC1CCN1CCN(CC2CC2)CC1. The van der Waals surface area contributed by atoms with Crippen LogP contribution in [0.1, 0.15) is 38.5 Å². The maximum atomic E-state index is 11.6. The monoisotopic (exact) mass is 250 g/mol. The van der Waals surface area contributed by atoms with Gasteiger partial charge in [-0.1, -0.05) is 0 Å². The van der Waals surface area contributed by atoms with E-state index in [2.05, 4.69) is 9.80 Å². The molecule has 18 heavy (non-hydrogen) atoms. The van der Waals surface area contributed by atoms with E-state index in [9.17, 15) is 4.79 Å². The molecule has 1 aliphatic heterocycles. The van der Waals surface area contributed by atoms with Gasteiger partial charge in [0.1, 0.15) is 5.78 Å². The number of nitrogens with zero attached hydrogens (tertiary/aromatic N) is 2. The van der Waals surface area contributed by atoms with E-state index in [1.807, 2.05) is 0 Å². The van der Waals surface area contributed by atoms with Gasteiger partial charge in [-0.15, -0.1) is 0 Å². The van der Waals surface area contributed by atoms with Gasteiger partial charge in [0.05, 0.1) is 0 Å². The molecule has 1 unspecified atom stereocenters. The molecule has 1 saturated heterocycles. The molecule has 0 bridgehead atoms. The molecular formula is C15H26N2O. The van der Waals surface area contributed by atoms with E-state index in [-0.39, 0.29) is 0 Å². The van der Waals surface area contributed by atoms with Crippen molar-refractivity contribution in [2.24, 2.45) is 11.8 Å². The van der Waals surface area contributed by atoms with Crippen molar-refractivity contribution in [2.45, 2.75) is 38.5 Å². The molecular weight excluding hydrogens is 224 g/mol. The molecule has 0 aromatic carbocycles. The predicted octanol–water partition coefficient (Wildman–Crippen LogP) is 1.77. The predicted molar refractivity (Wildman–Crippen MR) is 72.6 cm³/mol. The van der Waals surface area contributed by atoms with E-state index in [4.69, 9.17) is 0 Å². The normalized spacial score (nSPS) is 31.1. The molecule has 3 rings (SSSR count). The summed E-state index contributed by atoms with van der Waals surface area (Å²) in [6, 6.07) is 0. The van der Waals surface area contributed by atoms with Gasteiger partial charge < -0.3 is 9.80 Å². The molecule has 1 atom stereocenters. The summed E-state index contributed by atoms with van der Waals surface area (Å²) in [4.78, 5) is 16.8. The standard InChI is InChI=1S/C15H26N2O/c18-15-3-1-2-14(15)6-7-16-8-10-17(11-9-16)12-13-4-5-13/h13-14H,1-12H2. The van der Waals surface area contributed by atoms with Crippen LogP contribution in [-0.2, 0) is 4.79 Å². The van der Waals surface area contributed by atoms with Gasteiger partial charge in [0.15, 0.2) is 0 Å². The summed E-state index contributed by atoms with van der Waals surface area (Å²) in [6.45, 7) is 7.41. The van der Waals surface area contributed by atoms with Gasteiger partial charge >= 0.3 is 0 Å². The Morgan fingerprint density at radius 1 is 1.00 bits per heavy atom. The van der Waals surface area contributed by atoms with Crippen molar-refractivity contribution in [2.75, 3.05) is 39.3 Å². The number of carbonyl (C=O) groups excluding carboxylic acids is 1. The summed E-state index contributed by atoms with van der Waals surface area (Å²) >= 11 is 0. The summed E-state index contributed by atoms with van der Waals surface area (Å²) in [7, 11) is 0. The zero-order valence-electron chi connectivity index (χ0n) is 11.4. The summed E-state index contributed by atoms with van der Waals surface area (Å²) in [5, 5.41) is 0. The molecule has 0 amide bonds. The van der Waals surface area contributed by atoms with Crippen LogP contribution in [0.25, 0.3) is 0 Å². The Kier molecular flexibility index (Phi) is 4.00. The molecule has 3 aliphatic rings. The number of Topliss-reactive ketones (excluding diaryl/α,β-unsaturated/α-hetero) is 1. The summed E-state index contributed by atoms with van der Waals surface area (Å²) < 4.78 is 0. The van der Waals surface area contributed by atoms with Crippen LogP contribution in [0.15, 0.2) is 0 Å². The highest BCUT2D eigenvalue weighted by Crippen LogP contribution is 2.30. The topological polar surface area (TPSA) is 23.6 Å². The van der Waals surface area contributed by atoms with Crippen LogP contribution in [-0.4, -0.2) is 54.9 Å². The third-order valence-electron chi connectivity index (χ3n) is 4.90. The number of hydrogen-bond acceptors (Lipinski definition) is 3. The second-order valence-electron chi connectivity index (χ2n) is 6.43. The Labute approximate surface area is 111 Å². The third kappa shape index (κ3) is 3.33. The molecule has 102 valence electrons. The Bertz CT molecular complexity index is 293. The van der Waals surface area contributed by atoms with E-state index in [1.165, 1.54) is 45.6 Å². The first kappa shape index (κ1) is 12.6. The Morgan fingerprint density at radius 2 is 1.72 bits per heavy atom. The molecule has 2 aliphatic carbocycles. The van der Waals surface area contributed by atoms with Crippen LogP contribution in [0.3, 0.4) is 0 Å². The molecule has 0 aromatic heterocycles. The second kappa shape index (κ2) is 5.70. The van der Waals surface area contributed by atoms with Gasteiger partial charge in [-0.3, -0.25) is 4.79 Å². The number of carbonyl (C=O) groups is 1. The molecule has 3 fully saturated rings. The fourth-order valence-corrected chi connectivity index (χ4v) is 3.39. The molecule has 0 radical (unpaired) electrons. The molecule has 2 saturated carbocycles. The lowest BCUT2D eigenvalue weighted by atomic mass is 10.0. The Morgan fingerprint density at radius 3 is 2.33 bits per heavy atom. The summed E-state index contributed by atoms with van der Waals surface area (Å²) in [5.41, 5.74) is 0. The first-order valence-corrected chi connectivity index (χ1v) is 7.78. The number of piperazine rings is 1. The van der Waals surface area contributed by atoms with Crippen LogP contribution in [0, 0.1) is 11.8 Å². The molecule has 1 heterocycles.